The Hall–Kier alpha value is -1.30. The SMILES string of the molecule is CCC(C)C(N)C(=O)NC1CC(=O)N(C)C1c1ccc(Cl)cc1.Cl. The molecule has 0 aliphatic carbocycles. The number of rotatable bonds is 5. The molecule has 1 aromatic rings. The molecular weight excluding hydrogens is 349 g/mol. The van der Waals surface area contributed by atoms with Crippen molar-refractivity contribution < 1.29 is 9.59 Å². The van der Waals surface area contributed by atoms with Crippen LogP contribution in [-0.4, -0.2) is 35.8 Å². The van der Waals surface area contributed by atoms with E-state index in [9.17, 15) is 9.59 Å². The van der Waals surface area contributed by atoms with E-state index < -0.39 is 6.04 Å². The lowest BCUT2D eigenvalue weighted by atomic mass is 9.97. The zero-order valence-corrected chi connectivity index (χ0v) is 15.7. The number of nitrogens with two attached hydrogens (primary N) is 1. The number of nitrogens with one attached hydrogen (secondary N) is 1. The summed E-state index contributed by atoms with van der Waals surface area (Å²) >= 11 is 5.93. The Morgan fingerprint density at radius 3 is 2.54 bits per heavy atom. The van der Waals surface area contributed by atoms with Crippen molar-refractivity contribution in [3.05, 3.63) is 34.9 Å². The third-order valence-electron chi connectivity index (χ3n) is 4.69. The maximum absolute atomic E-state index is 12.4. The molecule has 1 aliphatic heterocycles. The first-order chi connectivity index (χ1) is 10.8. The average Bonchev–Trinajstić information content (AvgIpc) is 2.81. The second-order valence-electron chi connectivity index (χ2n) is 6.23. The summed E-state index contributed by atoms with van der Waals surface area (Å²) in [5.41, 5.74) is 6.94. The molecule has 3 N–H and O–H groups in total. The van der Waals surface area contributed by atoms with Crippen LogP contribution in [-0.2, 0) is 9.59 Å². The number of amides is 2. The van der Waals surface area contributed by atoms with Gasteiger partial charge in [0.25, 0.3) is 0 Å². The van der Waals surface area contributed by atoms with Crippen molar-refractivity contribution in [2.75, 3.05) is 7.05 Å². The Bertz CT molecular complexity index is 580. The summed E-state index contributed by atoms with van der Waals surface area (Å²) < 4.78 is 0. The summed E-state index contributed by atoms with van der Waals surface area (Å²) in [6.45, 7) is 3.95. The van der Waals surface area contributed by atoms with Gasteiger partial charge in [0.15, 0.2) is 0 Å². The van der Waals surface area contributed by atoms with Gasteiger partial charge in [0.1, 0.15) is 0 Å². The topological polar surface area (TPSA) is 75.4 Å². The highest BCUT2D eigenvalue weighted by molar-refractivity contribution is 6.30. The van der Waals surface area contributed by atoms with Crippen LogP contribution in [0.4, 0.5) is 0 Å². The Morgan fingerprint density at radius 1 is 1.42 bits per heavy atom. The van der Waals surface area contributed by atoms with E-state index >= 15 is 0 Å². The summed E-state index contributed by atoms with van der Waals surface area (Å²) in [6.07, 6.45) is 1.11. The first-order valence-electron chi connectivity index (χ1n) is 7.92. The number of halogens is 2. The molecule has 0 saturated carbocycles. The van der Waals surface area contributed by atoms with Gasteiger partial charge in [-0.1, -0.05) is 44.0 Å². The summed E-state index contributed by atoms with van der Waals surface area (Å²) in [7, 11) is 1.75. The van der Waals surface area contributed by atoms with Gasteiger partial charge in [-0.25, -0.2) is 0 Å². The maximum Gasteiger partial charge on any atom is 0.237 e. The molecule has 0 bridgehead atoms. The van der Waals surface area contributed by atoms with E-state index in [4.69, 9.17) is 17.3 Å². The Balaban J connectivity index is 0.00000288. The van der Waals surface area contributed by atoms with Crippen molar-refractivity contribution in [2.24, 2.45) is 11.7 Å². The molecule has 1 aliphatic rings. The van der Waals surface area contributed by atoms with Gasteiger partial charge in [-0.3, -0.25) is 9.59 Å². The first kappa shape index (κ1) is 20.7. The molecule has 1 aromatic carbocycles. The molecule has 2 rings (SSSR count). The van der Waals surface area contributed by atoms with Gasteiger partial charge in [-0.2, -0.15) is 0 Å². The molecule has 0 spiro atoms. The Labute approximate surface area is 154 Å². The van der Waals surface area contributed by atoms with Crippen molar-refractivity contribution in [3.63, 3.8) is 0 Å². The highest BCUT2D eigenvalue weighted by Gasteiger charge is 2.40. The lowest BCUT2D eigenvalue weighted by molar-refractivity contribution is -0.127. The van der Waals surface area contributed by atoms with Crippen LogP contribution in [0.1, 0.15) is 38.3 Å². The summed E-state index contributed by atoms with van der Waals surface area (Å²) in [4.78, 5) is 26.1. The van der Waals surface area contributed by atoms with Crippen molar-refractivity contribution >= 4 is 35.8 Å². The minimum absolute atomic E-state index is 0. The van der Waals surface area contributed by atoms with E-state index in [1.165, 1.54) is 0 Å². The fraction of sp³-hybridized carbons (Fsp3) is 0.529. The fourth-order valence-corrected chi connectivity index (χ4v) is 3.03. The van der Waals surface area contributed by atoms with Gasteiger partial charge in [0.2, 0.25) is 11.8 Å². The van der Waals surface area contributed by atoms with Crippen molar-refractivity contribution in [1.82, 2.24) is 10.2 Å². The fourth-order valence-electron chi connectivity index (χ4n) is 2.91. The number of carbonyl (C=O) groups is 2. The molecule has 4 atom stereocenters. The van der Waals surface area contributed by atoms with E-state index in [1.54, 1.807) is 24.1 Å². The van der Waals surface area contributed by atoms with Gasteiger partial charge in [0, 0.05) is 18.5 Å². The summed E-state index contributed by atoms with van der Waals surface area (Å²) in [5, 5.41) is 3.60. The lowest BCUT2D eigenvalue weighted by Gasteiger charge is -2.27. The molecule has 0 aromatic heterocycles. The van der Waals surface area contributed by atoms with E-state index in [0.717, 1.165) is 12.0 Å². The zero-order valence-electron chi connectivity index (χ0n) is 14.2. The highest BCUT2D eigenvalue weighted by atomic mass is 35.5. The summed E-state index contributed by atoms with van der Waals surface area (Å²) in [6, 6.07) is 6.30. The van der Waals surface area contributed by atoms with Gasteiger partial charge in [0.05, 0.1) is 18.1 Å². The predicted octanol–water partition coefficient (Wildman–Crippen LogP) is 2.52. The third-order valence-corrected chi connectivity index (χ3v) is 4.94. The van der Waals surface area contributed by atoms with E-state index in [-0.39, 0.29) is 48.6 Å². The highest BCUT2D eigenvalue weighted by Crippen LogP contribution is 2.32. The molecule has 1 heterocycles. The second kappa shape index (κ2) is 8.70. The second-order valence-corrected chi connectivity index (χ2v) is 6.67. The molecule has 4 unspecified atom stereocenters. The molecule has 1 fully saturated rings. The lowest BCUT2D eigenvalue weighted by Crippen LogP contribution is -2.49. The number of likely N-dealkylation sites (N-methyl/N-ethyl adjacent to an activating group) is 1. The number of hydrogen-bond acceptors (Lipinski definition) is 3. The molecule has 5 nitrogen and oxygen atoms in total. The van der Waals surface area contributed by atoms with E-state index in [0.29, 0.717) is 5.02 Å². The monoisotopic (exact) mass is 373 g/mol. The average molecular weight is 374 g/mol. The number of carbonyl (C=O) groups excluding carboxylic acids is 2. The number of nitrogens with zero attached hydrogens (tertiary/aromatic N) is 1. The van der Waals surface area contributed by atoms with Gasteiger partial charge in [-0.05, 0) is 23.6 Å². The first-order valence-corrected chi connectivity index (χ1v) is 8.30. The number of likely N-dealkylation sites (tertiary alicyclic amines) is 1. The minimum atomic E-state index is -0.563. The molecule has 2 amide bonds. The largest absolute Gasteiger partial charge is 0.349 e. The smallest absolute Gasteiger partial charge is 0.237 e. The molecule has 24 heavy (non-hydrogen) atoms. The quantitative estimate of drug-likeness (QED) is 0.832. The van der Waals surface area contributed by atoms with Crippen LogP contribution in [0, 0.1) is 5.92 Å². The van der Waals surface area contributed by atoms with Crippen LogP contribution in [0.25, 0.3) is 0 Å². The van der Waals surface area contributed by atoms with Gasteiger partial charge >= 0.3 is 0 Å². The van der Waals surface area contributed by atoms with Gasteiger partial charge in [-0.15, -0.1) is 12.4 Å². The standard InChI is InChI=1S/C17H24ClN3O2.ClH/c1-4-10(2)15(19)17(23)20-13-9-14(22)21(3)16(13)11-5-7-12(18)8-6-11;/h5-8,10,13,15-16H,4,9,19H2,1-3H3,(H,20,23);1H. The molecular formula is C17H25Cl2N3O2. The predicted molar refractivity (Wildman–Crippen MR) is 98.2 cm³/mol. The molecule has 0 radical (unpaired) electrons. The van der Waals surface area contributed by atoms with Crippen LogP contribution < -0.4 is 11.1 Å². The normalized spacial score (nSPS) is 22.7. The van der Waals surface area contributed by atoms with E-state index in [2.05, 4.69) is 5.32 Å². The van der Waals surface area contributed by atoms with Crippen LogP contribution in [0.15, 0.2) is 24.3 Å². The summed E-state index contributed by atoms with van der Waals surface area (Å²) in [5.74, 6) is -0.0995. The molecule has 134 valence electrons. The van der Waals surface area contributed by atoms with Crippen LogP contribution >= 0.6 is 24.0 Å². The zero-order chi connectivity index (χ0) is 17.1. The molecule has 7 heteroatoms. The third kappa shape index (κ3) is 4.41. The Kier molecular flexibility index (Phi) is 7.52. The Morgan fingerprint density at radius 2 is 2.00 bits per heavy atom. The van der Waals surface area contributed by atoms with Crippen LogP contribution in [0.3, 0.4) is 0 Å². The van der Waals surface area contributed by atoms with Gasteiger partial charge < -0.3 is 16.0 Å². The van der Waals surface area contributed by atoms with Crippen molar-refractivity contribution in [2.45, 2.75) is 44.8 Å². The minimum Gasteiger partial charge on any atom is -0.349 e. The van der Waals surface area contributed by atoms with E-state index in [1.807, 2.05) is 26.0 Å². The number of benzene rings is 1. The van der Waals surface area contributed by atoms with Crippen LogP contribution in [0.5, 0.6) is 0 Å². The van der Waals surface area contributed by atoms with Crippen molar-refractivity contribution in [3.8, 4) is 0 Å². The maximum atomic E-state index is 12.4. The van der Waals surface area contributed by atoms with Crippen molar-refractivity contribution in [1.29, 1.82) is 0 Å². The van der Waals surface area contributed by atoms with Crippen LogP contribution in [0.2, 0.25) is 5.02 Å². The number of hydrogen-bond donors (Lipinski definition) is 2. The molecule has 1 saturated heterocycles.